The van der Waals surface area contributed by atoms with Crippen molar-refractivity contribution in [2.75, 3.05) is 12.4 Å². The molecule has 1 aromatic carbocycles. The summed E-state index contributed by atoms with van der Waals surface area (Å²) in [5, 5.41) is 7.19. The third-order valence-corrected chi connectivity index (χ3v) is 4.05. The minimum Gasteiger partial charge on any atom is -0.382 e. The van der Waals surface area contributed by atoms with Crippen molar-refractivity contribution in [2.24, 2.45) is 5.73 Å². The van der Waals surface area contributed by atoms with E-state index >= 15 is 0 Å². The van der Waals surface area contributed by atoms with Crippen molar-refractivity contribution < 1.29 is 4.79 Å². The largest absolute Gasteiger partial charge is 0.382 e. The van der Waals surface area contributed by atoms with E-state index in [1.165, 1.54) is 12.8 Å². The number of halogens is 1. The highest BCUT2D eigenvalue weighted by Crippen LogP contribution is 2.25. The summed E-state index contributed by atoms with van der Waals surface area (Å²) in [7, 11) is 2.01. The van der Waals surface area contributed by atoms with Crippen molar-refractivity contribution in [2.45, 2.75) is 37.8 Å². The molecule has 0 atom stereocenters. The van der Waals surface area contributed by atoms with Crippen LogP contribution in [0, 0.1) is 0 Å². The van der Waals surface area contributed by atoms with Crippen LogP contribution < -0.4 is 16.4 Å². The maximum absolute atomic E-state index is 11.1. The quantitative estimate of drug-likeness (QED) is 0.794. The number of benzene rings is 1. The SMILES string of the molecule is CNC1CCC(Nc2ccc(C(N)=O)c(Cl)c2)CC1. The van der Waals surface area contributed by atoms with Crippen LogP contribution in [0.1, 0.15) is 36.0 Å². The minimum atomic E-state index is -0.494. The number of carbonyl (C=O) groups excluding carboxylic acids is 1. The Hall–Kier alpha value is -1.26. The Morgan fingerprint density at radius 3 is 2.42 bits per heavy atom. The summed E-state index contributed by atoms with van der Waals surface area (Å²) < 4.78 is 0. The molecule has 1 saturated carbocycles. The van der Waals surface area contributed by atoms with E-state index in [1.54, 1.807) is 12.1 Å². The minimum absolute atomic E-state index is 0.367. The van der Waals surface area contributed by atoms with Crippen molar-refractivity contribution in [1.82, 2.24) is 5.32 Å². The molecule has 4 nitrogen and oxygen atoms in total. The van der Waals surface area contributed by atoms with Crippen molar-refractivity contribution in [3.8, 4) is 0 Å². The second-order valence-electron chi connectivity index (χ2n) is 5.04. The van der Waals surface area contributed by atoms with E-state index in [0.717, 1.165) is 18.5 Å². The lowest BCUT2D eigenvalue weighted by Gasteiger charge is -2.29. The van der Waals surface area contributed by atoms with Gasteiger partial charge in [-0.05, 0) is 50.9 Å². The van der Waals surface area contributed by atoms with Gasteiger partial charge in [-0.2, -0.15) is 0 Å². The highest BCUT2D eigenvalue weighted by molar-refractivity contribution is 6.34. The van der Waals surface area contributed by atoms with Crippen LogP contribution in [0.15, 0.2) is 18.2 Å². The maximum Gasteiger partial charge on any atom is 0.250 e. The molecule has 19 heavy (non-hydrogen) atoms. The van der Waals surface area contributed by atoms with E-state index in [2.05, 4.69) is 10.6 Å². The van der Waals surface area contributed by atoms with E-state index in [4.69, 9.17) is 17.3 Å². The van der Waals surface area contributed by atoms with Gasteiger partial charge in [0.2, 0.25) is 5.91 Å². The monoisotopic (exact) mass is 281 g/mol. The summed E-state index contributed by atoms with van der Waals surface area (Å²) in [6.45, 7) is 0. The van der Waals surface area contributed by atoms with E-state index in [1.807, 2.05) is 13.1 Å². The topological polar surface area (TPSA) is 67.2 Å². The van der Waals surface area contributed by atoms with Gasteiger partial charge in [0.25, 0.3) is 0 Å². The fraction of sp³-hybridized carbons (Fsp3) is 0.500. The van der Waals surface area contributed by atoms with Crippen molar-refractivity contribution in [3.05, 3.63) is 28.8 Å². The van der Waals surface area contributed by atoms with Crippen LogP contribution in [0.2, 0.25) is 5.02 Å². The van der Waals surface area contributed by atoms with Crippen LogP contribution in [0.25, 0.3) is 0 Å². The molecule has 0 unspecified atom stereocenters. The third-order valence-electron chi connectivity index (χ3n) is 3.74. The molecule has 0 spiro atoms. The third kappa shape index (κ3) is 3.61. The fourth-order valence-electron chi connectivity index (χ4n) is 2.57. The molecular weight excluding hydrogens is 262 g/mol. The molecular formula is C14H20ClN3O. The Bertz CT molecular complexity index is 456. The molecule has 1 fully saturated rings. The molecule has 2 rings (SSSR count). The average Bonchev–Trinajstić information content (AvgIpc) is 2.39. The summed E-state index contributed by atoms with van der Waals surface area (Å²) in [6, 6.07) is 6.41. The molecule has 0 saturated heterocycles. The van der Waals surface area contributed by atoms with Crippen molar-refractivity contribution in [1.29, 1.82) is 0 Å². The number of anilines is 1. The maximum atomic E-state index is 11.1. The average molecular weight is 282 g/mol. The molecule has 0 radical (unpaired) electrons. The molecule has 0 heterocycles. The molecule has 1 amide bonds. The first-order valence-electron chi connectivity index (χ1n) is 6.63. The molecule has 1 aliphatic carbocycles. The summed E-state index contributed by atoms with van der Waals surface area (Å²) in [4.78, 5) is 11.1. The van der Waals surface area contributed by atoms with Gasteiger partial charge in [0, 0.05) is 17.8 Å². The highest BCUT2D eigenvalue weighted by atomic mass is 35.5. The van der Waals surface area contributed by atoms with Gasteiger partial charge in [0.15, 0.2) is 0 Å². The predicted octanol–water partition coefficient (Wildman–Crippen LogP) is 2.38. The lowest BCUT2D eigenvalue weighted by molar-refractivity contribution is 0.100. The lowest BCUT2D eigenvalue weighted by atomic mass is 9.91. The Morgan fingerprint density at radius 1 is 1.26 bits per heavy atom. The first-order chi connectivity index (χ1) is 9.10. The Kier molecular flexibility index (Phi) is 4.66. The summed E-state index contributed by atoms with van der Waals surface area (Å²) >= 11 is 6.04. The Labute approximate surface area is 118 Å². The van der Waals surface area contributed by atoms with E-state index < -0.39 is 5.91 Å². The molecule has 4 N–H and O–H groups in total. The molecule has 5 heteroatoms. The van der Waals surface area contributed by atoms with Crippen LogP contribution in [-0.4, -0.2) is 25.0 Å². The normalized spacial score (nSPS) is 23.1. The van der Waals surface area contributed by atoms with Gasteiger partial charge in [0.05, 0.1) is 10.6 Å². The van der Waals surface area contributed by atoms with Gasteiger partial charge in [-0.15, -0.1) is 0 Å². The number of nitrogens with one attached hydrogen (secondary N) is 2. The van der Waals surface area contributed by atoms with E-state index in [-0.39, 0.29) is 0 Å². The predicted molar refractivity (Wildman–Crippen MR) is 78.7 cm³/mol. The standard InChI is InChI=1S/C14H20ClN3O/c1-17-9-2-4-10(5-3-9)18-11-6-7-12(14(16)19)13(15)8-11/h6-10,17-18H,2-5H2,1H3,(H2,16,19). The van der Waals surface area contributed by atoms with Crippen LogP contribution in [-0.2, 0) is 0 Å². The zero-order valence-electron chi connectivity index (χ0n) is 11.1. The van der Waals surface area contributed by atoms with Gasteiger partial charge in [-0.25, -0.2) is 0 Å². The van der Waals surface area contributed by atoms with E-state index in [9.17, 15) is 4.79 Å². The lowest BCUT2D eigenvalue weighted by Crippen LogP contribution is -2.34. The number of hydrogen-bond acceptors (Lipinski definition) is 3. The number of amides is 1. The zero-order chi connectivity index (χ0) is 13.8. The van der Waals surface area contributed by atoms with Gasteiger partial charge in [-0.3, -0.25) is 4.79 Å². The summed E-state index contributed by atoms with van der Waals surface area (Å²) in [6.07, 6.45) is 4.64. The van der Waals surface area contributed by atoms with Crippen molar-refractivity contribution >= 4 is 23.2 Å². The molecule has 104 valence electrons. The van der Waals surface area contributed by atoms with Crippen LogP contribution >= 0.6 is 11.6 Å². The number of nitrogens with two attached hydrogens (primary N) is 1. The smallest absolute Gasteiger partial charge is 0.250 e. The second kappa shape index (κ2) is 6.26. The van der Waals surface area contributed by atoms with Gasteiger partial charge >= 0.3 is 0 Å². The number of primary amides is 1. The van der Waals surface area contributed by atoms with Gasteiger partial charge in [-0.1, -0.05) is 11.6 Å². The number of carbonyl (C=O) groups is 1. The molecule has 0 aromatic heterocycles. The summed E-state index contributed by atoms with van der Waals surface area (Å²) in [5.41, 5.74) is 6.54. The molecule has 0 bridgehead atoms. The number of rotatable bonds is 4. The first kappa shape index (κ1) is 14.2. The second-order valence-corrected chi connectivity index (χ2v) is 5.45. The fourth-order valence-corrected chi connectivity index (χ4v) is 2.84. The zero-order valence-corrected chi connectivity index (χ0v) is 11.8. The van der Waals surface area contributed by atoms with Crippen LogP contribution in [0.5, 0.6) is 0 Å². The number of hydrogen-bond donors (Lipinski definition) is 3. The van der Waals surface area contributed by atoms with Gasteiger partial charge < -0.3 is 16.4 Å². The molecule has 1 aromatic rings. The highest BCUT2D eigenvalue weighted by Gasteiger charge is 2.19. The van der Waals surface area contributed by atoms with Crippen LogP contribution in [0.3, 0.4) is 0 Å². The Balaban J connectivity index is 1.97. The molecule has 0 aliphatic heterocycles. The Morgan fingerprint density at radius 2 is 1.89 bits per heavy atom. The molecule has 1 aliphatic rings. The first-order valence-corrected chi connectivity index (χ1v) is 7.01. The summed E-state index contributed by atoms with van der Waals surface area (Å²) in [5.74, 6) is -0.494. The van der Waals surface area contributed by atoms with Crippen LogP contribution in [0.4, 0.5) is 5.69 Å². The van der Waals surface area contributed by atoms with Gasteiger partial charge in [0.1, 0.15) is 0 Å². The van der Waals surface area contributed by atoms with E-state index in [0.29, 0.717) is 22.7 Å². The van der Waals surface area contributed by atoms with Crippen molar-refractivity contribution in [3.63, 3.8) is 0 Å².